The molecule has 62 heavy (non-hydrogen) atoms. The van der Waals surface area contributed by atoms with Gasteiger partial charge in [-0.3, -0.25) is 4.57 Å². The molecule has 12 aromatic rings. The minimum absolute atomic E-state index is 0.554. The first-order valence-corrected chi connectivity index (χ1v) is 21.0. The van der Waals surface area contributed by atoms with Crippen molar-refractivity contribution in [1.82, 2.24) is 24.1 Å². The first kappa shape index (κ1) is 35.5. The van der Waals surface area contributed by atoms with E-state index in [1.807, 2.05) is 12.1 Å². The predicted octanol–water partition coefficient (Wildman–Crippen LogP) is 14.4. The molecule has 5 nitrogen and oxygen atoms in total. The highest BCUT2D eigenvalue weighted by molar-refractivity contribution is 6.27. The van der Waals surface area contributed by atoms with E-state index in [2.05, 4.69) is 221 Å². The normalized spacial score (nSPS) is 11.5. The third kappa shape index (κ3) is 5.90. The molecule has 12 rings (SSSR count). The number of benzene rings is 9. The van der Waals surface area contributed by atoms with Crippen LogP contribution in [0, 0.1) is 0 Å². The quantitative estimate of drug-likeness (QED) is 0.162. The zero-order valence-electron chi connectivity index (χ0n) is 33.6. The van der Waals surface area contributed by atoms with Gasteiger partial charge in [0.1, 0.15) is 0 Å². The smallest absolute Gasteiger partial charge is 0.238 e. The molecule has 0 unspecified atom stereocenters. The molecule has 5 heteroatoms. The van der Waals surface area contributed by atoms with Crippen LogP contribution in [-0.2, 0) is 0 Å². The fraction of sp³-hybridized carbons (Fsp3) is 0. The van der Waals surface area contributed by atoms with E-state index >= 15 is 0 Å². The fourth-order valence-corrected chi connectivity index (χ4v) is 9.13. The van der Waals surface area contributed by atoms with E-state index in [4.69, 9.17) is 15.0 Å². The lowest BCUT2D eigenvalue weighted by Crippen LogP contribution is -2.07. The second-order valence-corrected chi connectivity index (χ2v) is 15.6. The molecular weight excluding hydrogens is 755 g/mol. The molecule has 0 saturated heterocycles. The van der Waals surface area contributed by atoms with E-state index in [1.54, 1.807) is 0 Å². The van der Waals surface area contributed by atoms with Crippen LogP contribution in [0.4, 0.5) is 0 Å². The monoisotopic (exact) mass is 791 g/mol. The zero-order chi connectivity index (χ0) is 41.0. The van der Waals surface area contributed by atoms with Gasteiger partial charge in [0.15, 0.2) is 11.6 Å². The van der Waals surface area contributed by atoms with Gasteiger partial charge in [0, 0.05) is 43.9 Å². The van der Waals surface area contributed by atoms with Crippen LogP contribution in [0.15, 0.2) is 224 Å². The van der Waals surface area contributed by atoms with Crippen LogP contribution in [0.5, 0.6) is 0 Å². The van der Waals surface area contributed by atoms with Gasteiger partial charge in [-0.2, -0.15) is 9.97 Å². The van der Waals surface area contributed by atoms with Crippen molar-refractivity contribution in [3.63, 3.8) is 0 Å². The van der Waals surface area contributed by atoms with E-state index in [9.17, 15) is 0 Å². The highest BCUT2D eigenvalue weighted by Crippen LogP contribution is 2.46. The molecule has 3 heterocycles. The van der Waals surface area contributed by atoms with E-state index in [1.165, 1.54) is 10.8 Å². The number of fused-ring (bicyclic) bond motifs is 6. The Kier molecular flexibility index (Phi) is 8.42. The van der Waals surface area contributed by atoms with E-state index < -0.39 is 0 Å². The Labute approximate surface area is 358 Å². The highest BCUT2D eigenvalue weighted by atomic mass is 15.2. The van der Waals surface area contributed by atoms with E-state index in [0.29, 0.717) is 17.6 Å². The predicted molar refractivity (Wildman–Crippen MR) is 256 cm³/mol. The van der Waals surface area contributed by atoms with Crippen LogP contribution in [0.25, 0.3) is 111 Å². The van der Waals surface area contributed by atoms with Crippen molar-refractivity contribution < 1.29 is 0 Å². The molecule has 0 bridgehead atoms. The lowest BCUT2D eigenvalue weighted by atomic mass is 9.96. The lowest BCUT2D eigenvalue weighted by molar-refractivity contribution is 0.954. The third-order valence-corrected chi connectivity index (χ3v) is 12.0. The van der Waals surface area contributed by atoms with Crippen molar-refractivity contribution in [2.45, 2.75) is 0 Å². The summed E-state index contributed by atoms with van der Waals surface area (Å²) < 4.78 is 4.67. The fourth-order valence-electron chi connectivity index (χ4n) is 9.13. The number of aromatic nitrogens is 5. The van der Waals surface area contributed by atoms with Gasteiger partial charge in [0.25, 0.3) is 0 Å². The van der Waals surface area contributed by atoms with Crippen molar-refractivity contribution in [3.05, 3.63) is 224 Å². The standard InChI is InChI=1S/C57H37N5/c1-5-17-38(18-6-1)40-29-33-43(34-30-40)55-58-56(44-35-31-41(32-36-44)39-19-7-2-8-20-39)60-57(59-55)62-49-27-15-13-25-46(49)48-37-51-53(52(54(48)62)42-21-9-3-10-22-42)47-26-14-16-28-50(47)61(51)45-23-11-4-12-24-45/h1-37H. The van der Waals surface area contributed by atoms with E-state index in [-0.39, 0.29) is 0 Å². The van der Waals surface area contributed by atoms with Crippen LogP contribution in [0.2, 0.25) is 0 Å². The van der Waals surface area contributed by atoms with E-state index in [0.717, 1.165) is 83.0 Å². The lowest BCUT2D eigenvalue weighted by Gasteiger charge is -2.15. The van der Waals surface area contributed by atoms with Crippen LogP contribution in [-0.4, -0.2) is 24.1 Å². The summed E-state index contributed by atoms with van der Waals surface area (Å²) in [5.41, 5.74) is 14.1. The molecule has 0 atom stereocenters. The van der Waals surface area contributed by atoms with Gasteiger partial charge in [-0.25, -0.2) is 4.98 Å². The van der Waals surface area contributed by atoms with Gasteiger partial charge in [-0.15, -0.1) is 0 Å². The van der Waals surface area contributed by atoms with Crippen molar-refractivity contribution in [2.75, 3.05) is 0 Å². The molecule has 3 aromatic heterocycles. The van der Waals surface area contributed by atoms with Crippen molar-refractivity contribution in [1.29, 1.82) is 0 Å². The number of hydrogen-bond donors (Lipinski definition) is 0. The number of nitrogens with zero attached hydrogens (tertiary/aromatic N) is 5. The minimum Gasteiger partial charge on any atom is -0.309 e. The summed E-state index contributed by atoms with van der Waals surface area (Å²) in [6.07, 6.45) is 0. The summed E-state index contributed by atoms with van der Waals surface area (Å²) in [6, 6.07) is 79.2. The average Bonchev–Trinajstić information content (AvgIpc) is 3.87. The van der Waals surface area contributed by atoms with Crippen LogP contribution in [0.1, 0.15) is 0 Å². The molecule has 0 radical (unpaired) electrons. The highest BCUT2D eigenvalue weighted by Gasteiger charge is 2.26. The molecule has 9 aromatic carbocycles. The average molecular weight is 792 g/mol. The Bertz CT molecular complexity index is 3470. The Hall–Kier alpha value is -8.41. The maximum atomic E-state index is 5.40. The number of para-hydroxylation sites is 3. The summed E-state index contributed by atoms with van der Waals surface area (Å²) in [4.78, 5) is 16.0. The van der Waals surface area contributed by atoms with Crippen LogP contribution < -0.4 is 0 Å². The Morgan fingerprint density at radius 3 is 1.26 bits per heavy atom. The molecule has 0 aliphatic carbocycles. The second kappa shape index (κ2) is 14.7. The van der Waals surface area contributed by atoms with Gasteiger partial charge in [-0.05, 0) is 58.1 Å². The summed E-state index contributed by atoms with van der Waals surface area (Å²) in [6.45, 7) is 0. The van der Waals surface area contributed by atoms with Crippen molar-refractivity contribution in [2.24, 2.45) is 0 Å². The first-order chi connectivity index (χ1) is 30.8. The van der Waals surface area contributed by atoms with Crippen molar-refractivity contribution in [3.8, 4) is 67.8 Å². The molecule has 290 valence electrons. The summed E-state index contributed by atoms with van der Waals surface area (Å²) in [5.74, 6) is 1.76. The van der Waals surface area contributed by atoms with Gasteiger partial charge < -0.3 is 4.57 Å². The maximum Gasteiger partial charge on any atom is 0.238 e. The maximum absolute atomic E-state index is 5.40. The zero-order valence-corrected chi connectivity index (χ0v) is 33.6. The molecule has 0 aliphatic heterocycles. The molecule has 0 spiro atoms. The van der Waals surface area contributed by atoms with Gasteiger partial charge >= 0.3 is 0 Å². The topological polar surface area (TPSA) is 48.5 Å². The molecule has 0 N–H and O–H groups in total. The van der Waals surface area contributed by atoms with Gasteiger partial charge in [0.2, 0.25) is 5.95 Å². The van der Waals surface area contributed by atoms with Gasteiger partial charge in [0.05, 0.1) is 22.1 Å². The summed E-state index contributed by atoms with van der Waals surface area (Å²) in [7, 11) is 0. The van der Waals surface area contributed by atoms with Crippen LogP contribution >= 0.6 is 0 Å². The van der Waals surface area contributed by atoms with Gasteiger partial charge in [-0.1, -0.05) is 194 Å². The molecule has 0 amide bonds. The van der Waals surface area contributed by atoms with Crippen LogP contribution in [0.3, 0.4) is 0 Å². The van der Waals surface area contributed by atoms with Crippen molar-refractivity contribution >= 4 is 43.6 Å². The molecular formula is C57H37N5. The largest absolute Gasteiger partial charge is 0.309 e. The molecule has 0 aliphatic rings. The Balaban J connectivity index is 1.17. The second-order valence-electron chi connectivity index (χ2n) is 15.6. The molecule has 0 fully saturated rings. The Morgan fingerprint density at radius 1 is 0.290 bits per heavy atom. The molecule has 0 saturated carbocycles. The Morgan fingerprint density at radius 2 is 0.710 bits per heavy atom. The number of hydrogen-bond acceptors (Lipinski definition) is 3. The minimum atomic E-state index is 0.554. The summed E-state index contributed by atoms with van der Waals surface area (Å²) in [5, 5.41) is 4.59. The third-order valence-electron chi connectivity index (χ3n) is 12.0. The summed E-state index contributed by atoms with van der Waals surface area (Å²) >= 11 is 0. The SMILES string of the molecule is c1ccc(-c2ccc(-c3nc(-c4ccc(-c5ccccc5)cc4)nc(-n4c5ccccc5c5cc6c(c(-c7ccccc7)c54)c4ccccc4n6-c4ccccc4)n3)cc2)cc1. The first-order valence-electron chi connectivity index (χ1n) is 21.0. The number of rotatable bonds is 7.